The van der Waals surface area contributed by atoms with Gasteiger partial charge in [0, 0.05) is 19.6 Å². The molecule has 20 heavy (non-hydrogen) atoms. The van der Waals surface area contributed by atoms with Gasteiger partial charge in [-0.1, -0.05) is 34.6 Å². The van der Waals surface area contributed by atoms with Crippen LogP contribution in [-0.2, 0) is 9.59 Å². The maximum absolute atomic E-state index is 11.8. The lowest BCUT2D eigenvalue weighted by Crippen LogP contribution is -2.47. The first-order valence-electron chi connectivity index (χ1n) is 7.79. The number of aliphatic hydroxyl groups is 1. The highest BCUT2D eigenvalue weighted by atomic mass is 16.3. The second kappa shape index (κ2) is 12.9. The van der Waals surface area contributed by atoms with Crippen LogP contribution < -0.4 is 5.73 Å². The number of primary amides is 1. The molecule has 2 atom stereocenters. The molecule has 0 aromatic carbocycles. The van der Waals surface area contributed by atoms with Gasteiger partial charge in [-0.05, 0) is 25.2 Å². The van der Waals surface area contributed by atoms with Crippen molar-refractivity contribution in [3.05, 3.63) is 0 Å². The van der Waals surface area contributed by atoms with Crippen molar-refractivity contribution in [2.75, 3.05) is 13.2 Å². The maximum Gasteiger partial charge on any atom is 0.240 e. The molecule has 0 spiro atoms. The van der Waals surface area contributed by atoms with Gasteiger partial charge in [0.1, 0.15) is 6.04 Å². The molecule has 3 N–H and O–H groups in total. The van der Waals surface area contributed by atoms with Crippen LogP contribution in [-0.4, -0.2) is 41.0 Å². The highest BCUT2D eigenvalue weighted by molar-refractivity contribution is 5.86. The molecule has 0 aromatic rings. The van der Waals surface area contributed by atoms with Crippen LogP contribution in [0.25, 0.3) is 0 Å². The lowest BCUT2D eigenvalue weighted by Gasteiger charge is -2.27. The summed E-state index contributed by atoms with van der Waals surface area (Å²) in [6.07, 6.45) is 2.38. The lowest BCUT2D eigenvalue weighted by atomic mass is 10.0. The molecule has 1 fully saturated rings. The number of rotatable bonds is 4. The number of carbonyl (C=O) groups is 2. The average molecular weight is 288 g/mol. The Hall–Kier alpha value is -1.10. The number of likely N-dealkylation sites (tertiary alicyclic amines) is 1. The average Bonchev–Trinajstić information content (AvgIpc) is 2.66. The Morgan fingerprint density at radius 2 is 1.90 bits per heavy atom. The van der Waals surface area contributed by atoms with E-state index in [0.29, 0.717) is 25.8 Å². The van der Waals surface area contributed by atoms with Crippen molar-refractivity contribution in [1.82, 2.24) is 4.90 Å². The minimum atomic E-state index is -0.495. The molecule has 0 bridgehead atoms. The van der Waals surface area contributed by atoms with Crippen molar-refractivity contribution in [3.8, 4) is 0 Å². The summed E-state index contributed by atoms with van der Waals surface area (Å²) in [5.41, 5.74) is 5.28. The molecule has 5 heteroatoms. The fourth-order valence-corrected chi connectivity index (χ4v) is 2.15. The van der Waals surface area contributed by atoms with Crippen molar-refractivity contribution < 1.29 is 14.7 Å². The summed E-state index contributed by atoms with van der Waals surface area (Å²) in [5, 5.41) is 9.07. The summed E-state index contributed by atoms with van der Waals surface area (Å²) >= 11 is 0. The van der Waals surface area contributed by atoms with Crippen molar-refractivity contribution in [1.29, 1.82) is 0 Å². The maximum atomic E-state index is 11.8. The summed E-state index contributed by atoms with van der Waals surface area (Å²) in [7, 11) is 0. The van der Waals surface area contributed by atoms with E-state index in [1.165, 1.54) is 0 Å². The summed E-state index contributed by atoms with van der Waals surface area (Å²) in [6, 6.07) is -0.495. The fraction of sp³-hybridized carbons (Fsp3) is 0.867. The van der Waals surface area contributed by atoms with E-state index < -0.39 is 11.9 Å². The van der Waals surface area contributed by atoms with E-state index >= 15 is 0 Å². The molecule has 1 heterocycles. The number of aliphatic hydroxyl groups excluding tert-OH is 1. The molecule has 1 aliphatic heterocycles. The van der Waals surface area contributed by atoms with E-state index in [9.17, 15) is 9.59 Å². The Morgan fingerprint density at radius 1 is 1.35 bits per heavy atom. The molecule has 2 unspecified atom stereocenters. The van der Waals surface area contributed by atoms with Gasteiger partial charge >= 0.3 is 0 Å². The molecule has 1 rings (SSSR count). The van der Waals surface area contributed by atoms with Crippen LogP contribution >= 0.6 is 0 Å². The van der Waals surface area contributed by atoms with Gasteiger partial charge in [0.25, 0.3) is 0 Å². The highest BCUT2D eigenvalue weighted by Crippen LogP contribution is 2.20. The molecule has 1 saturated heterocycles. The van der Waals surface area contributed by atoms with Gasteiger partial charge in [0.15, 0.2) is 0 Å². The van der Waals surface area contributed by atoms with Crippen LogP contribution in [0.1, 0.15) is 60.3 Å². The van der Waals surface area contributed by atoms with Gasteiger partial charge in [0.05, 0.1) is 0 Å². The zero-order chi connectivity index (χ0) is 16.1. The molecule has 1 aliphatic rings. The Bertz CT molecular complexity index is 270. The standard InChI is InChI=1S/C11H20N2O3.2C2H6/c1-2-9(11(12)16)13-6-5-8(7-14)3-4-10(13)15;2*1-2/h8-9,14H,2-7H2,1H3,(H2,12,16);2*1-2H3. The van der Waals surface area contributed by atoms with Gasteiger partial charge in [-0.25, -0.2) is 0 Å². The molecule has 0 aromatic heterocycles. The Kier molecular flexibility index (Phi) is 13.7. The molecule has 0 aliphatic carbocycles. The van der Waals surface area contributed by atoms with Crippen molar-refractivity contribution in [3.63, 3.8) is 0 Å². The van der Waals surface area contributed by atoms with E-state index in [0.717, 1.165) is 6.42 Å². The molecule has 0 radical (unpaired) electrons. The van der Waals surface area contributed by atoms with Gasteiger partial charge in [-0.15, -0.1) is 0 Å². The number of nitrogens with zero attached hydrogens (tertiary/aromatic N) is 1. The predicted molar refractivity (Wildman–Crippen MR) is 82.1 cm³/mol. The molecule has 2 amide bonds. The van der Waals surface area contributed by atoms with Gasteiger partial charge in [-0.2, -0.15) is 0 Å². The van der Waals surface area contributed by atoms with Gasteiger partial charge in [0.2, 0.25) is 11.8 Å². The first-order valence-corrected chi connectivity index (χ1v) is 7.79. The molecule has 5 nitrogen and oxygen atoms in total. The summed E-state index contributed by atoms with van der Waals surface area (Å²) < 4.78 is 0. The number of hydrogen-bond donors (Lipinski definition) is 2. The Labute approximate surface area is 123 Å². The quantitative estimate of drug-likeness (QED) is 0.829. The fourth-order valence-electron chi connectivity index (χ4n) is 2.15. The van der Waals surface area contributed by atoms with Crippen LogP contribution in [0.2, 0.25) is 0 Å². The second-order valence-electron chi connectivity index (χ2n) is 4.29. The number of hydrogen-bond acceptors (Lipinski definition) is 3. The smallest absolute Gasteiger partial charge is 0.240 e. The zero-order valence-electron chi connectivity index (χ0n) is 13.7. The number of carbonyl (C=O) groups excluding carboxylic acids is 2. The predicted octanol–water partition coefficient (Wildman–Crippen LogP) is 1.92. The normalized spacial score (nSPS) is 19.8. The van der Waals surface area contributed by atoms with Crippen LogP contribution in [0.4, 0.5) is 0 Å². The lowest BCUT2D eigenvalue weighted by molar-refractivity contribution is -0.139. The van der Waals surface area contributed by atoms with Crippen LogP contribution in [0.15, 0.2) is 0 Å². The molecule has 0 saturated carbocycles. The van der Waals surface area contributed by atoms with Gasteiger partial charge < -0.3 is 15.7 Å². The van der Waals surface area contributed by atoms with Crippen LogP contribution in [0.3, 0.4) is 0 Å². The monoisotopic (exact) mass is 288 g/mol. The summed E-state index contributed by atoms with van der Waals surface area (Å²) in [4.78, 5) is 24.6. The third-order valence-corrected chi connectivity index (χ3v) is 3.21. The minimum absolute atomic E-state index is 0.0263. The van der Waals surface area contributed by atoms with Crippen LogP contribution in [0.5, 0.6) is 0 Å². The Balaban J connectivity index is 0. The van der Waals surface area contributed by atoms with Crippen LogP contribution in [0, 0.1) is 5.92 Å². The van der Waals surface area contributed by atoms with Crippen molar-refractivity contribution in [2.24, 2.45) is 11.7 Å². The zero-order valence-corrected chi connectivity index (χ0v) is 13.7. The first kappa shape index (κ1) is 21.2. The highest BCUT2D eigenvalue weighted by Gasteiger charge is 2.29. The largest absolute Gasteiger partial charge is 0.396 e. The van der Waals surface area contributed by atoms with E-state index in [2.05, 4.69) is 0 Å². The van der Waals surface area contributed by atoms with E-state index in [1.54, 1.807) is 4.90 Å². The van der Waals surface area contributed by atoms with Gasteiger partial charge in [-0.3, -0.25) is 9.59 Å². The minimum Gasteiger partial charge on any atom is -0.396 e. The second-order valence-corrected chi connectivity index (χ2v) is 4.29. The number of amides is 2. The molecular weight excluding hydrogens is 256 g/mol. The van der Waals surface area contributed by atoms with E-state index in [4.69, 9.17) is 10.8 Å². The van der Waals surface area contributed by atoms with Crippen molar-refractivity contribution in [2.45, 2.75) is 66.3 Å². The Morgan fingerprint density at radius 3 is 2.30 bits per heavy atom. The van der Waals surface area contributed by atoms with Crippen molar-refractivity contribution >= 4 is 11.8 Å². The third-order valence-electron chi connectivity index (χ3n) is 3.21. The summed E-state index contributed by atoms with van der Waals surface area (Å²) in [5.74, 6) is -0.306. The first-order chi connectivity index (χ1) is 9.60. The molecular formula is C15H32N2O3. The van der Waals surface area contributed by atoms with E-state index in [1.807, 2.05) is 34.6 Å². The van der Waals surface area contributed by atoms with E-state index in [-0.39, 0.29) is 18.4 Å². The molecule has 120 valence electrons. The third kappa shape index (κ3) is 6.89. The topological polar surface area (TPSA) is 83.6 Å². The number of nitrogens with two attached hydrogens (primary N) is 1. The summed E-state index contributed by atoms with van der Waals surface area (Å²) in [6.45, 7) is 10.5. The SMILES string of the molecule is CC.CC.CCC(C(N)=O)N1CCC(CO)CCC1=O.